The maximum Gasteiger partial charge on any atom is 1.00 e. The van der Waals surface area contributed by atoms with E-state index in [0.717, 1.165) is 16.7 Å². The Bertz CT molecular complexity index is 485. The normalized spacial score (nSPS) is 9.39. The number of hydrogen-bond acceptors (Lipinski definition) is 2. The minimum Gasteiger partial charge on any atom is -0.508 e. The Morgan fingerprint density at radius 1 is 0.778 bits per heavy atom. The zero-order valence-electron chi connectivity index (χ0n) is 9.24. The van der Waals surface area contributed by atoms with Crippen molar-refractivity contribution < 1.29 is 29.7 Å². The van der Waals surface area contributed by atoms with E-state index < -0.39 is 0 Å². The van der Waals surface area contributed by atoms with Crippen molar-refractivity contribution in [3.8, 4) is 11.5 Å². The molecule has 2 N–H and O–H groups in total. The molecule has 18 heavy (non-hydrogen) atoms. The number of phenols is 2. The molecule has 0 heterocycles. The summed E-state index contributed by atoms with van der Waals surface area (Å²) in [6, 6.07) is 13.9. The van der Waals surface area contributed by atoms with Crippen LogP contribution in [0.15, 0.2) is 48.5 Å². The van der Waals surface area contributed by atoms with Crippen molar-refractivity contribution in [2.45, 2.75) is 0 Å². The van der Waals surface area contributed by atoms with Crippen LogP contribution < -0.4 is 0 Å². The summed E-state index contributed by atoms with van der Waals surface area (Å²) < 4.78 is 3.10. The van der Waals surface area contributed by atoms with Gasteiger partial charge in [-0.05, 0) is 24.3 Å². The van der Waals surface area contributed by atoms with Gasteiger partial charge in [-0.3, -0.25) is 0 Å². The first-order valence-corrected chi connectivity index (χ1v) is 6.11. The molecule has 4 heteroatoms. The number of rotatable bonds is 2. The zero-order valence-corrected chi connectivity index (χ0v) is 13.1. The van der Waals surface area contributed by atoms with Crippen LogP contribution in [0.3, 0.4) is 0 Å². The van der Waals surface area contributed by atoms with Crippen molar-refractivity contribution in [3.05, 3.63) is 63.7 Å². The number of phenolic OH excluding ortho intramolecular Hbond substituents is 2. The van der Waals surface area contributed by atoms with Gasteiger partial charge in [0.15, 0.2) is 0 Å². The van der Waals surface area contributed by atoms with Gasteiger partial charge in [-0.2, -0.15) is 5.57 Å². The van der Waals surface area contributed by atoms with Crippen LogP contribution in [0.5, 0.6) is 11.5 Å². The molecular formula is C14H10IO2Ru. The van der Waals surface area contributed by atoms with Crippen molar-refractivity contribution in [2.75, 3.05) is 0 Å². The summed E-state index contributed by atoms with van der Waals surface area (Å²) in [5, 5.41) is 18.5. The van der Waals surface area contributed by atoms with Gasteiger partial charge in [0.2, 0.25) is 0 Å². The first-order chi connectivity index (χ1) is 8.20. The van der Waals surface area contributed by atoms with Crippen LogP contribution >= 0.6 is 22.6 Å². The zero-order chi connectivity index (χ0) is 12.3. The SMILES string of the molecule is Oc1ccc(C(=[C-]I)c2ccc(O)cc2)cc1.[Ru+]. The molecule has 0 saturated carbocycles. The molecule has 2 aromatic carbocycles. The quantitative estimate of drug-likeness (QED) is 0.427. The Hall–Kier alpha value is -0.867. The molecule has 2 nitrogen and oxygen atoms in total. The monoisotopic (exact) mass is 439 g/mol. The van der Waals surface area contributed by atoms with E-state index in [-0.39, 0.29) is 31.0 Å². The van der Waals surface area contributed by atoms with Gasteiger partial charge >= 0.3 is 19.5 Å². The molecule has 1 radical (unpaired) electrons. The second-order valence-corrected chi connectivity index (χ2v) is 4.10. The molecule has 0 aliphatic carbocycles. The minimum atomic E-state index is 0. The first-order valence-electron chi connectivity index (χ1n) is 5.03. The average molecular weight is 438 g/mol. The predicted molar refractivity (Wildman–Crippen MR) is 76.0 cm³/mol. The summed E-state index contributed by atoms with van der Waals surface area (Å²) in [5.41, 5.74) is 2.89. The Morgan fingerprint density at radius 3 is 1.39 bits per heavy atom. The summed E-state index contributed by atoms with van der Waals surface area (Å²) in [6.07, 6.45) is 0. The van der Waals surface area contributed by atoms with Crippen LogP contribution in [0, 0.1) is 4.08 Å². The van der Waals surface area contributed by atoms with Gasteiger partial charge in [-0.25, -0.2) is 0 Å². The Labute approximate surface area is 132 Å². The van der Waals surface area contributed by atoms with Crippen LogP contribution in [0.25, 0.3) is 5.57 Å². The fourth-order valence-electron chi connectivity index (χ4n) is 1.53. The van der Waals surface area contributed by atoms with Crippen molar-refractivity contribution in [1.82, 2.24) is 0 Å². The molecule has 93 valence electrons. The van der Waals surface area contributed by atoms with Crippen molar-refractivity contribution in [2.24, 2.45) is 0 Å². The molecule has 0 spiro atoms. The van der Waals surface area contributed by atoms with Gasteiger partial charge in [0.25, 0.3) is 0 Å². The third kappa shape index (κ3) is 3.56. The largest absolute Gasteiger partial charge is 1.00 e. The smallest absolute Gasteiger partial charge is 0.508 e. The fraction of sp³-hybridized carbons (Fsp3) is 0. The average Bonchev–Trinajstić information content (AvgIpc) is 2.35. The Balaban J connectivity index is 0.00000162. The van der Waals surface area contributed by atoms with Crippen molar-refractivity contribution in [1.29, 1.82) is 0 Å². The second kappa shape index (κ2) is 6.90. The summed E-state index contributed by atoms with van der Waals surface area (Å²) in [7, 11) is 0. The number of aromatic hydroxyl groups is 2. The van der Waals surface area contributed by atoms with Crippen LogP contribution in [0.2, 0.25) is 0 Å². The molecule has 0 aliphatic heterocycles. The third-order valence-electron chi connectivity index (χ3n) is 2.41. The van der Waals surface area contributed by atoms with E-state index >= 15 is 0 Å². The van der Waals surface area contributed by atoms with Crippen molar-refractivity contribution >= 4 is 28.2 Å². The molecule has 0 aliphatic rings. The van der Waals surface area contributed by atoms with Gasteiger partial charge in [0.05, 0.1) is 0 Å². The second-order valence-electron chi connectivity index (χ2n) is 3.56. The van der Waals surface area contributed by atoms with E-state index in [1.54, 1.807) is 24.3 Å². The molecule has 0 atom stereocenters. The van der Waals surface area contributed by atoms with E-state index in [0.29, 0.717) is 0 Å². The molecule has 0 fully saturated rings. The molecule has 2 aromatic rings. The molecule has 0 aromatic heterocycles. The summed E-state index contributed by atoms with van der Waals surface area (Å²) in [5.74, 6) is 0.486. The maximum absolute atomic E-state index is 9.25. The summed E-state index contributed by atoms with van der Waals surface area (Å²) in [6.45, 7) is 0. The Kier molecular flexibility index (Phi) is 5.83. The number of hydrogen-bond donors (Lipinski definition) is 2. The fourth-order valence-corrected chi connectivity index (χ4v) is 2.15. The number of halogens is 1. The molecule has 0 saturated heterocycles. The van der Waals surface area contributed by atoms with Crippen molar-refractivity contribution in [3.63, 3.8) is 0 Å². The van der Waals surface area contributed by atoms with Gasteiger partial charge in [0.1, 0.15) is 11.5 Å². The van der Waals surface area contributed by atoms with E-state index in [2.05, 4.69) is 26.7 Å². The summed E-state index contributed by atoms with van der Waals surface area (Å²) >= 11 is 2.06. The molecule has 0 bridgehead atoms. The first kappa shape index (κ1) is 15.2. The van der Waals surface area contributed by atoms with Gasteiger partial charge < -0.3 is 10.2 Å². The van der Waals surface area contributed by atoms with Crippen LogP contribution in [0.4, 0.5) is 0 Å². The standard InChI is InChI=1S/C14H10IO2.Ru/c15-9-14(10-1-5-12(16)6-2-10)11-3-7-13(17)8-4-11;/h1-8,16-17H;/q-1;+1. The molecule has 0 amide bonds. The van der Waals surface area contributed by atoms with E-state index in [1.165, 1.54) is 0 Å². The van der Waals surface area contributed by atoms with Gasteiger partial charge in [-0.1, -0.05) is 0 Å². The molecule has 2 rings (SSSR count). The molecule has 0 unspecified atom stereocenters. The minimum absolute atomic E-state index is 0. The van der Waals surface area contributed by atoms with Crippen LogP contribution in [-0.4, -0.2) is 10.2 Å². The van der Waals surface area contributed by atoms with E-state index in [4.69, 9.17) is 0 Å². The maximum atomic E-state index is 9.25. The number of benzene rings is 2. The Morgan fingerprint density at radius 2 is 1.11 bits per heavy atom. The van der Waals surface area contributed by atoms with Crippen LogP contribution in [-0.2, 0) is 19.5 Å². The van der Waals surface area contributed by atoms with Crippen LogP contribution in [0.1, 0.15) is 11.1 Å². The third-order valence-corrected chi connectivity index (χ3v) is 2.95. The molecular weight excluding hydrogens is 428 g/mol. The predicted octanol–water partition coefficient (Wildman–Crippen LogP) is 3.72. The van der Waals surface area contributed by atoms with E-state index in [1.807, 2.05) is 24.3 Å². The van der Waals surface area contributed by atoms with Gasteiger partial charge in [-0.15, -0.1) is 62.1 Å². The van der Waals surface area contributed by atoms with E-state index in [9.17, 15) is 10.2 Å². The van der Waals surface area contributed by atoms with Gasteiger partial charge in [0, 0.05) is 0 Å². The topological polar surface area (TPSA) is 40.5 Å². The summed E-state index contributed by atoms with van der Waals surface area (Å²) in [4.78, 5) is 0.